The highest BCUT2D eigenvalue weighted by molar-refractivity contribution is 5.92. The number of nitrogens with zero attached hydrogens (tertiary/aromatic N) is 1. The van der Waals surface area contributed by atoms with Gasteiger partial charge in [0.1, 0.15) is 0 Å². The Morgan fingerprint density at radius 2 is 1.85 bits per heavy atom. The highest BCUT2D eigenvalue weighted by atomic mass is 16.5. The van der Waals surface area contributed by atoms with Crippen molar-refractivity contribution in [1.82, 2.24) is 0 Å². The maximum absolute atomic E-state index is 11.3. The monoisotopic (exact) mass is 179 g/mol. The van der Waals surface area contributed by atoms with Crippen LogP contribution in [-0.2, 0) is 4.79 Å². The van der Waals surface area contributed by atoms with Crippen LogP contribution in [0, 0.1) is 5.92 Å². The summed E-state index contributed by atoms with van der Waals surface area (Å²) in [5, 5.41) is 10.1. The molecule has 13 heavy (non-hydrogen) atoms. The maximum Gasteiger partial charge on any atom is 0.253 e. The molecule has 70 valence electrons. The predicted molar refractivity (Wildman–Crippen MR) is 50.6 cm³/mol. The Morgan fingerprint density at radius 1 is 1.31 bits per heavy atom. The van der Waals surface area contributed by atoms with E-state index in [1.54, 1.807) is 38.1 Å². The summed E-state index contributed by atoms with van der Waals surface area (Å²) in [6.45, 7) is 3.49. The van der Waals surface area contributed by atoms with Gasteiger partial charge in [0.05, 0.1) is 5.69 Å². The summed E-state index contributed by atoms with van der Waals surface area (Å²) in [5.74, 6) is -0.503. The number of benzene rings is 1. The van der Waals surface area contributed by atoms with Crippen LogP contribution in [0.15, 0.2) is 30.3 Å². The van der Waals surface area contributed by atoms with E-state index < -0.39 is 0 Å². The summed E-state index contributed by atoms with van der Waals surface area (Å²) in [6.07, 6.45) is 0. The average molecular weight is 179 g/mol. The lowest BCUT2D eigenvalue weighted by atomic mass is 10.2. The van der Waals surface area contributed by atoms with Crippen LogP contribution in [0.25, 0.3) is 0 Å². The Bertz CT molecular complexity index is 282. The molecule has 0 aliphatic rings. The lowest BCUT2D eigenvalue weighted by molar-refractivity contribution is -0.126. The van der Waals surface area contributed by atoms with Crippen molar-refractivity contribution in [3.05, 3.63) is 30.3 Å². The molecule has 1 aromatic rings. The second-order valence-electron chi connectivity index (χ2n) is 3.14. The molecule has 0 saturated carbocycles. The quantitative estimate of drug-likeness (QED) is 0.557. The van der Waals surface area contributed by atoms with Gasteiger partial charge < -0.3 is 0 Å². The number of anilines is 1. The summed E-state index contributed by atoms with van der Waals surface area (Å²) in [6, 6.07) is 8.73. The lowest BCUT2D eigenvalue weighted by Gasteiger charge is -2.16. The summed E-state index contributed by atoms with van der Waals surface area (Å²) in [7, 11) is 0. The molecule has 1 amide bonds. The minimum atomic E-state index is -0.300. The molecular formula is C10H13NO2. The number of para-hydroxylation sites is 1. The van der Waals surface area contributed by atoms with Gasteiger partial charge in [-0.2, -0.15) is 5.06 Å². The Morgan fingerprint density at radius 3 is 2.31 bits per heavy atom. The van der Waals surface area contributed by atoms with Gasteiger partial charge in [-0.15, -0.1) is 0 Å². The molecule has 0 radical (unpaired) electrons. The molecule has 1 N–H and O–H groups in total. The van der Waals surface area contributed by atoms with Gasteiger partial charge in [-0.25, -0.2) is 0 Å². The van der Waals surface area contributed by atoms with E-state index in [2.05, 4.69) is 0 Å². The van der Waals surface area contributed by atoms with Crippen molar-refractivity contribution in [3.63, 3.8) is 0 Å². The van der Waals surface area contributed by atoms with Crippen molar-refractivity contribution in [1.29, 1.82) is 0 Å². The molecule has 0 aliphatic heterocycles. The molecule has 0 bridgehead atoms. The molecule has 3 heteroatoms. The molecule has 0 aliphatic carbocycles. The van der Waals surface area contributed by atoms with Crippen LogP contribution in [-0.4, -0.2) is 11.1 Å². The average Bonchev–Trinajstić information content (AvgIpc) is 2.17. The molecule has 0 heterocycles. The predicted octanol–water partition coefficient (Wildman–Crippen LogP) is 2.06. The van der Waals surface area contributed by atoms with E-state index in [1.807, 2.05) is 6.07 Å². The van der Waals surface area contributed by atoms with Gasteiger partial charge in [0.25, 0.3) is 5.91 Å². The van der Waals surface area contributed by atoms with Crippen molar-refractivity contribution in [3.8, 4) is 0 Å². The van der Waals surface area contributed by atoms with Crippen LogP contribution < -0.4 is 5.06 Å². The third-order valence-electron chi connectivity index (χ3n) is 1.70. The van der Waals surface area contributed by atoms with Gasteiger partial charge in [0.2, 0.25) is 0 Å². The third kappa shape index (κ3) is 2.29. The second kappa shape index (κ2) is 4.05. The number of amides is 1. The molecule has 0 atom stereocenters. The zero-order valence-corrected chi connectivity index (χ0v) is 7.77. The van der Waals surface area contributed by atoms with Crippen LogP contribution in [0.5, 0.6) is 0 Å². The van der Waals surface area contributed by atoms with Crippen LogP contribution in [0.1, 0.15) is 13.8 Å². The topological polar surface area (TPSA) is 40.5 Å². The fourth-order valence-corrected chi connectivity index (χ4v) is 0.941. The SMILES string of the molecule is CC(C)C(=O)N(O)c1ccccc1. The largest absolute Gasteiger partial charge is 0.281 e. The lowest BCUT2D eigenvalue weighted by Crippen LogP contribution is -2.30. The van der Waals surface area contributed by atoms with Crippen molar-refractivity contribution < 1.29 is 10.0 Å². The summed E-state index contributed by atoms with van der Waals surface area (Å²) in [4.78, 5) is 11.3. The van der Waals surface area contributed by atoms with E-state index in [0.29, 0.717) is 10.8 Å². The van der Waals surface area contributed by atoms with Crippen LogP contribution in [0.3, 0.4) is 0 Å². The molecular weight excluding hydrogens is 166 g/mol. The fraction of sp³-hybridized carbons (Fsp3) is 0.300. The van der Waals surface area contributed by atoms with E-state index in [9.17, 15) is 10.0 Å². The van der Waals surface area contributed by atoms with Gasteiger partial charge in [0, 0.05) is 5.92 Å². The number of carbonyl (C=O) groups is 1. The van der Waals surface area contributed by atoms with Crippen molar-refractivity contribution >= 4 is 11.6 Å². The Labute approximate surface area is 77.6 Å². The highest BCUT2D eigenvalue weighted by Gasteiger charge is 2.15. The summed E-state index contributed by atoms with van der Waals surface area (Å²) >= 11 is 0. The van der Waals surface area contributed by atoms with E-state index >= 15 is 0 Å². The van der Waals surface area contributed by atoms with Gasteiger partial charge >= 0.3 is 0 Å². The zero-order valence-electron chi connectivity index (χ0n) is 7.77. The zero-order chi connectivity index (χ0) is 9.84. The minimum absolute atomic E-state index is 0.204. The Kier molecular flexibility index (Phi) is 3.03. The maximum atomic E-state index is 11.3. The molecule has 0 saturated heterocycles. The van der Waals surface area contributed by atoms with Crippen LogP contribution in [0.4, 0.5) is 5.69 Å². The molecule has 0 spiro atoms. The third-order valence-corrected chi connectivity index (χ3v) is 1.70. The number of hydrogen-bond acceptors (Lipinski definition) is 2. The van der Waals surface area contributed by atoms with Crippen molar-refractivity contribution in [2.24, 2.45) is 5.92 Å². The molecule has 0 fully saturated rings. The van der Waals surface area contributed by atoms with Crippen molar-refractivity contribution in [2.75, 3.05) is 5.06 Å². The van der Waals surface area contributed by atoms with E-state index in [1.165, 1.54) is 0 Å². The normalized spacial score (nSPS) is 10.2. The van der Waals surface area contributed by atoms with Gasteiger partial charge in [0.15, 0.2) is 0 Å². The first kappa shape index (κ1) is 9.74. The number of hydroxylamine groups is 1. The molecule has 0 unspecified atom stereocenters. The Hall–Kier alpha value is -1.35. The van der Waals surface area contributed by atoms with Gasteiger partial charge in [-0.1, -0.05) is 32.0 Å². The molecule has 0 aromatic heterocycles. The second-order valence-corrected chi connectivity index (χ2v) is 3.14. The Balaban J connectivity index is 2.80. The molecule has 3 nitrogen and oxygen atoms in total. The van der Waals surface area contributed by atoms with Crippen molar-refractivity contribution in [2.45, 2.75) is 13.8 Å². The highest BCUT2D eigenvalue weighted by Crippen LogP contribution is 2.13. The van der Waals surface area contributed by atoms with Crippen LogP contribution >= 0.6 is 0 Å². The first-order chi connectivity index (χ1) is 6.13. The summed E-state index contributed by atoms with van der Waals surface area (Å²) < 4.78 is 0. The first-order valence-electron chi connectivity index (χ1n) is 4.21. The smallest absolute Gasteiger partial charge is 0.253 e. The standard InChI is InChI=1S/C10H13NO2/c1-8(2)10(12)11(13)9-6-4-3-5-7-9/h3-8,13H,1-2H3. The number of hydrogen-bond donors (Lipinski definition) is 1. The molecule has 1 aromatic carbocycles. The molecule has 1 rings (SSSR count). The van der Waals surface area contributed by atoms with Crippen LogP contribution in [0.2, 0.25) is 0 Å². The number of rotatable bonds is 2. The van der Waals surface area contributed by atoms with E-state index in [4.69, 9.17) is 0 Å². The van der Waals surface area contributed by atoms with Gasteiger partial charge in [-0.05, 0) is 12.1 Å². The summed E-state index contributed by atoms with van der Waals surface area (Å²) in [5.41, 5.74) is 0.501. The minimum Gasteiger partial charge on any atom is -0.281 e. The fourth-order valence-electron chi connectivity index (χ4n) is 0.941. The van der Waals surface area contributed by atoms with E-state index in [0.717, 1.165) is 0 Å². The van der Waals surface area contributed by atoms with Gasteiger partial charge in [-0.3, -0.25) is 10.0 Å². The first-order valence-corrected chi connectivity index (χ1v) is 4.21. The van der Waals surface area contributed by atoms with E-state index in [-0.39, 0.29) is 11.8 Å². The number of carbonyl (C=O) groups excluding carboxylic acids is 1.